The minimum absolute atomic E-state index is 0.113. The van der Waals surface area contributed by atoms with Crippen molar-refractivity contribution in [3.05, 3.63) is 23.3 Å². The Hall–Kier alpha value is -2.61. The fraction of sp³-hybridized carbons (Fsp3) is 0.526. The van der Waals surface area contributed by atoms with Crippen molar-refractivity contribution >= 4 is 29.1 Å². The van der Waals surface area contributed by atoms with Crippen molar-refractivity contribution in [3.8, 4) is 0 Å². The van der Waals surface area contributed by atoms with Gasteiger partial charge in [-0.2, -0.15) is 0 Å². The van der Waals surface area contributed by atoms with E-state index in [0.717, 1.165) is 37.4 Å². The quantitative estimate of drug-likeness (QED) is 0.660. The molecule has 8 nitrogen and oxygen atoms in total. The Morgan fingerprint density at radius 2 is 1.96 bits per heavy atom. The van der Waals surface area contributed by atoms with Gasteiger partial charge in [0, 0.05) is 51.8 Å². The van der Waals surface area contributed by atoms with Gasteiger partial charge in [-0.3, -0.25) is 19.7 Å². The molecule has 2 atom stereocenters. The lowest BCUT2D eigenvalue weighted by Gasteiger charge is -2.46. The Morgan fingerprint density at radius 1 is 1.11 bits per heavy atom. The van der Waals surface area contributed by atoms with Crippen LogP contribution in [0.1, 0.15) is 28.8 Å². The van der Waals surface area contributed by atoms with Crippen molar-refractivity contribution in [2.75, 3.05) is 43.0 Å². The van der Waals surface area contributed by atoms with E-state index in [9.17, 15) is 14.4 Å². The number of rotatable bonds is 1. The number of piperidine rings is 1. The summed E-state index contributed by atoms with van der Waals surface area (Å²) < 4.78 is 0. The predicted octanol–water partition coefficient (Wildman–Crippen LogP) is -0.324. The summed E-state index contributed by atoms with van der Waals surface area (Å²) in [6.07, 6.45) is 0.669. The highest BCUT2D eigenvalue weighted by Gasteiger charge is 2.41. The Labute approximate surface area is 157 Å². The van der Waals surface area contributed by atoms with Gasteiger partial charge in [-0.1, -0.05) is 0 Å². The third-order valence-electron chi connectivity index (χ3n) is 6.17. The van der Waals surface area contributed by atoms with Crippen LogP contribution >= 0.6 is 0 Å². The second kappa shape index (κ2) is 5.95. The van der Waals surface area contributed by atoms with E-state index in [1.54, 1.807) is 4.90 Å². The lowest BCUT2D eigenvalue weighted by molar-refractivity contribution is -0.136. The van der Waals surface area contributed by atoms with E-state index in [-0.39, 0.29) is 24.1 Å². The molecule has 4 heterocycles. The molecule has 4 aliphatic rings. The van der Waals surface area contributed by atoms with E-state index in [1.165, 1.54) is 5.69 Å². The van der Waals surface area contributed by atoms with Crippen LogP contribution in [0, 0.1) is 0 Å². The maximum Gasteiger partial charge on any atom is 0.255 e. The fourth-order valence-electron chi connectivity index (χ4n) is 4.78. The first-order chi connectivity index (χ1) is 13.0. The molecule has 8 heteroatoms. The average molecular weight is 369 g/mol. The molecule has 0 aromatic heterocycles. The molecule has 4 aliphatic heterocycles. The van der Waals surface area contributed by atoms with E-state index in [1.807, 2.05) is 6.07 Å². The van der Waals surface area contributed by atoms with Crippen molar-refractivity contribution in [3.63, 3.8) is 0 Å². The van der Waals surface area contributed by atoms with Gasteiger partial charge in [0.25, 0.3) is 5.91 Å². The Balaban J connectivity index is 1.49. The van der Waals surface area contributed by atoms with Crippen LogP contribution in [0.3, 0.4) is 0 Å². The van der Waals surface area contributed by atoms with Gasteiger partial charge in [0.15, 0.2) is 0 Å². The Morgan fingerprint density at radius 3 is 2.78 bits per heavy atom. The number of piperazine rings is 1. The lowest BCUT2D eigenvalue weighted by atomic mass is 10.0. The molecule has 0 spiro atoms. The van der Waals surface area contributed by atoms with Gasteiger partial charge in [0.2, 0.25) is 11.8 Å². The molecule has 3 amide bonds. The summed E-state index contributed by atoms with van der Waals surface area (Å²) in [6.45, 7) is 4.22. The van der Waals surface area contributed by atoms with Gasteiger partial charge in [0.1, 0.15) is 6.04 Å². The Bertz CT molecular complexity index is 854. The number of carbonyl (C=O) groups excluding carboxylic acids is 3. The van der Waals surface area contributed by atoms with Crippen LogP contribution in [0.15, 0.2) is 12.1 Å². The smallest absolute Gasteiger partial charge is 0.255 e. The molecule has 27 heavy (non-hydrogen) atoms. The van der Waals surface area contributed by atoms with Crippen molar-refractivity contribution in [1.82, 2.24) is 15.5 Å². The molecule has 2 fully saturated rings. The van der Waals surface area contributed by atoms with Crippen molar-refractivity contribution < 1.29 is 14.4 Å². The highest BCUT2D eigenvalue weighted by Crippen LogP contribution is 2.40. The topological polar surface area (TPSA) is 85.0 Å². The van der Waals surface area contributed by atoms with Crippen molar-refractivity contribution in [2.45, 2.75) is 31.5 Å². The molecular weight excluding hydrogens is 346 g/mol. The summed E-state index contributed by atoms with van der Waals surface area (Å²) in [4.78, 5) is 42.9. The van der Waals surface area contributed by atoms with Gasteiger partial charge in [-0.15, -0.1) is 0 Å². The van der Waals surface area contributed by atoms with E-state index in [0.29, 0.717) is 24.6 Å². The van der Waals surface area contributed by atoms with E-state index < -0.39 is 6.04 Å². The maximum absolute atomic E-state index is 13.0. The molecule has 2 saturated heterocycles. The zero-order valence-electron chi connectivity index (χ0n) is 15.3. The normalized spacial score (nSPS) is 27.3. The van der Waals surface area contributed by atoms with Crippen LogP contribution < -0.4 is 20.4 Å². The molecule has 0 radical (unpaired) electrons. The summed E-state index contributed by atoms with van der Waals surface area (Å²) in [6, 6.07) is 3.97. The van der Waals surface area contributed by atoms with Gasteiger partial charge < -0.3 is 20.0 Å². The molecule has 0 aliphatic carbocycles. The highest BCUT2D eigenvalue weighted by molar-refractivity contribution is 6.06. The number of hydrogen-bond donors (Lipinski definition) is 2. The van der Waals surface area contributed by atoms with Crippen LogP contribution in [0.5, 0.6) is 0 Å². The molecule has 0 saturated carbocycles. The zero-order valence-corrected chi connectivity index (χ0v) is 15.3. The van der Waals surface area contributed by atoms with Crippen molar-refractivity contribution in [2.24, 2.45) is 0 Å². The first-order valence-corrected chi connectivity index (χ1v) is 9.53. The number of hydrogen-bond acceptors (Lipinski definition) is 6. The van der Waals surface area contributed by atoms with Crippen LogP contribution in [0.25, 0.3) is 0 Å². The van der Waals surface area contributed by atoms with Gasteiger partial charge in [0.05, 0.1) is 17.4 Å². The number of benzene rings is 1. The molecule has 1 unspecified atom stereocenters. The molecule has 2 N–H and O–H groups in total. The molecule has 5 rings (SSSR count). The second-order valence-corrected chi connectivity index (χ2v) is 7.83. The average Bonchev–Trinajstić information content (AvgIpc) is 2.97. The molecule has 0 bridgehead atoms. The van der Waals surface area contributed by atoms with Gasteiger partial charge >= 0.3 is 0 Å². The lowest BCUT2D eigenvalue weighted by Crippen LogP contribution is -2.58. The number of likely N-dealkylation sites (N-methyl/N-ethyl adjacent to an activating group) is 1. The van der Waals surface area contributed by atoms with Crippen molar-refractivity contribution in [1.29, 1.82) is 0 Å². The van der Waals surface area contributed by atoms with Crippen LogP contribution in [-0.4, -0.2) is 67.9 Å². The number of fused-ring (bicyclic) bond motifs is 4. The first-order valence-electron chi connectivity index (χ1n) is 9.53. The minimum atomic E-state index is -0.565. The fourth-order valence-corrected chi connectivity index (χ4v) is 4.78. The summed E-state index contributed by atoms with van der Waals surface area (Å²) in [5.41, 5.74) is 3.90. The largest absolute Gasteiger partial charge is 0.371 e. The number of nitrogens with one attached hydrogen (secondary N) is 2. The van der Waals surface area contributed by atoms with Crippen LogP contribution in [0.2, 0.25) is 0 Å². The summed E-state index contributed by atoms with van der Waals surface area (Å²) in [5, 5.41) is 5.81. The summed E-state index contributed by atoms with van der Waals surface area (Å²) in [5.74, 6) is -0.739. The second-order valence-electron chi connectivity index (χ2n) is 7.83. The SMILES string of the molecule is CN1C[C@@H]2CNCCN2c2cc3c(cc21)C(=O)N(C1CCC(=O)NC1=O)C3. The summed E-state index contributed by atoms with van der Waals surface area (Å²) >= 11 is 0. The number of carbonyl (C=O) groups is 3. The monoisotopic (exact) mass is 369 g/mol. The standard InChI is InChI=1S/C19H23N5O3/c1-22-10-12-8-20-4-5-23(12)16-6-11-9-24(19(27)13(11)7-15(16)22)14-2-3-17(25)21-18(14)26/h6-7,12,14,20H,2-5,8-10H2,1H3,(H,21,25,26)/t12-,14?/m0/s1. The predicted molar refractivity (Wildman–Crippen MR) is 99.8 cm³/mol. The number of anilines is 2. The van der Waals surface area contributed by atoms with Crippen LogP contribution in [0.4, 0.5) is 11.4 Å². The number of amides is 3. The third-order valence-corrected chi connectivity index (χ3v) is 6.17. The maximum atomic E-state index is 13.0. The van der Waals surface area contributed by atoms with Gasteiger partial charge in [-0.25, -0.2) is 0 Å². The van der Waals surface area contributed by atoms with E-state index in [4.69, 9.17) is 0 Å². The Kier molecular flexibility index (Phi) is 3.65. The molecule has 1 aromatic carbocycles. The number of nitrogens with zero attached hydrogens (tertiary/aromatic N) is 3. The molecule has 142 valence electrons. The van der Waals surface area contributed by atoms with E-state index in [2.05, 4.69) is 33.5 Å². The zero-order chi connectivity index (χ0) is 18.7. The van der Waals surface area contributed by atoms with Gasteiger partial charge in [-0.05, 0) is 24.1 Å². The third kappa shape index (κ3) is 2.50. The molecular formula is C19H23N5O3. The number of imide groups is 1. The summed E-state index contributed by atoms with van der Waals surface area (Å²) in [7, 11) is 2.06. The minimum Gasteiger partial charge on any atom is -0.371 e. The first kappa shape index (κ1) is 16.6. The van der Waals surface area contributed by atoms with Crippen LogP contribution in [-0.2, 0) is 16.1 Å². The molecule has 1 aromatic rings. The highest BCUT2D eigenvalue weighted by atomic mass is 16.2. The van der Waals surface area contributed by atoms with E-state index >= 15 is 0 Å².